The summed E-state index contributed by atoms with van der Waals surface area (Å²) in [5.74, 6) is -1.18. The molecule has 0 spiro atoms. The third-order valence-electron chi connectivity index (χ3n) is 7.34. The van der Waals surface area contributed by atoms with E-state index < -0.39 is 55.9 Å². The summed E-state index contributed by atoms with van der Waals surface area (Å²) in [6.07, 6.45) is -9.59. The molecule has 41 heavy (non-hydrogen) atoms. The van der Waals surface area contributed by atoms with Crippen LogP contribution in [-0.4, -0.2) is 42.8 Å². The number of nitrogens with one attached hydrogen (secondary N) is 1. The molecule has 4 rings (SSSR count). The van der Waals surface area contributed by atoms with E-state index in [-0.39, 0.29) is 41.7 Å². The first-order valence-electron chi connectivity index (χ1n) is 12.2. The fourth-order valence-electron chi connectivity index (χ4n) is 5.05. The van der Waals surface area contributed by atoms with Gasteiger partial charge in [0, 0.05) is 24.0 Å². The Labute approximate surface area is 230 Å². The molecule has 1 aliphatic rings. The lowest BCUT2D eigenvalue weighted by atomic mass is 9.79. The van der Waals surface area contributed by atoms with Crippen molar-refractivity contribution in [2.24, 2.45) is 0 Å². The Balaban J connectivity index is 1.72. The molecule has 1 aromatic heterocycles. The van der Waals surface area contributed by atoms with E-state index in [0.717, 1.165) is 36.4 Å². The lowest BCUT2D eigenvalue weighted by Crippen LogP contribution is -2.54. The Morgan fingerprint density at radius 1 is 0.902 bits per heavy atom. The van der Waals surface area contributed by atoms with Crippen molar-refractivity contribution in [2.45, 2.75) is 59.3 Å². The van der Waals surface area contributed by atoms with Gasteiger partial charge in [-0.15, -0.1) is 0 Å². The number of aromatic nitrogens is 1. The number of hydrogen-bond acceptors (Lipinski definition) is 5. The molecule has 1 fully saturated rings. The van der Waals surface area contributed by atoms with Crippen LogP contribution in [0.1, 0.15) is 47.2 Å². The SMILES string of the molecule is O=C(N[C@H]1CC[C@@](c2ccc(C(O)(C(F)(F)F)C(F)(F)F)cc2)(S(=O)(=O)c2ccc(F)cc2)CC1)c1cccnc1. The minimum absolute atomic E-state index is 0.0865. The number of aliphatic hydroxyl groups is 1. The molecule has 1 heterocycles. The standard InChI is InChI=1S/C27H23F7N2O4S/c28-20-7-9-22(10-8-20)41(39,40)24(13-11-21(12-14-24)36-23(37)17-2-1-15-35-16-17)18-3-5-19(6-4-18)25(38,26(29,30)31)27(32,33)34/h1-10,15-16,21,38H,11-14H2,(H,36,37)/t21-,24+. The molecule has 0 atom stereocenters. The van der Waals surface area contributed by atoms with E-state index in [9.17, 15) is 49.1 Å². The Morgan fingerprint density at radius 3 is 1.95 bits per heavy atom. The molecule has 0 bridgehead atoms. The van der Waals surface area contributed by atoms with Crippen molar-refractivity contribution in [1.29, 1.82) is 0 Å². The van der Waals surface area contributed by atoms with Gasteiger partial charge in [-0.05, 0) is 67.6 Å². The Morgan fingerprint density at radius 2 is 1.46 bits per heavy atom. The minimum atomic E-state index is -6.12. The minimum Gasteiger partial charge on any atom is -0.369 e. The summed E-state index contributed by atoms with van der Waals surface area (Å²) in [7, 11) is -4.40. The second-order valence-electron chi connectivity index (χ2n) is 9.72. The van der Waals surface area contributed by atoms with Gasteiger partial charge in [0.05, 0.1) is 10.5 Å². The molecule has 2 aromatic carbocycles. The summed E-state index contributed by atoms with van der Waals surface area (Å²) in [4.78, 5) is 16.1. The number of benzene rings is 2. The maximum Gasteiger partial charge on any atom is 0.430 e. The van der Waals surface area contributed by atoms with Gasteiger partial charge in [-0.2, -0.15) is 26.3 Å². The molecule has 1 amide bonds. The second kappa shape index (κ2) is 10.7. The molecule has 0 radical (unpaired) electrons. The number of hydrogen-bond donors (Lipinski definition) is 2. The van der Waals surface area contributed by atoms with Crippen molar-refractivity contribution in [2.75, 3.05) is 0 Å². The average Bonchev–Trinajstić information content (AvgIpc) is 2.92. The summed E-state index contributed by atoms with van der Waals surface area (Å²) in [5, 5.41) is 12.5. The zero-order valence-electron chi connectivity index (χ0n) is 21.0. The van der Waals surface area contributed by atoms with Crippen LogP contribution in [0.25, 0.3) is 0 Å². The zero-order valence-corrected chi connectivity index (χ0v) is 21.8. The van der Waals surface area contributed by atoms with Gasteiger partial charge in [0.15, 0.2) is 9.84 Å². The first-order chi connectivity index (χ1) is 19.0. The Bertz CT molecular complexity index is 1470. The van der Waals surface area contributed by atoms with Gasteiger partial charge in [-0.1, -0.05) is 24.3 Å². The van der Waals surface area contributed by atoms with Gasteiger partial charge in [0.1, 0.15) is 10.6 Å². The van der Waals surface area contributed by atoms with E-state index in [1.54, 1.807) is 6.07 Å². The third kappa shape index (κ3) is 5.42. The number of carbonyl (C=O) groups is 1. The van der Waals surface area contributed by atoms with E-state index in [4.69, 9.17) is 0 Å². The molecule has 1 aliphatic carbocycles. The van der Waals surface area contributed by atoms with Crippen LogP contribution in [0.2, 0.25) is 0 Å². The lowest BCUT2D eigenvalue weighted by Gasteiger charge is -2.40. The van der Waals surface area contributed by atoms with Crippen LogP contribution in [-0.2, 0) is 20.2 Å². The molecule has 1 saturated carbocycles. The first-order valence-corrected chi connectivity index (χ1v) is 13.7. The van der Waals surface area contributed by atoms with E-state index in [1.807, 2.05) is 0 Å². The highest BCUT2D eigenvalue weighted by atomic mass is 32.2. The van der Waals surface area contributed by atoms with Crippen molar-refractivity contribution in [3.05, 3.63) is 95.6 Å². The number of rotatable bonds is 6. The molecule has 6 nitrogen and oxygen atoms in total. The van der Waals surface area contributed by atoms with Gasteiger partial charge in [-0.25, -0.2) is 12.8 Å². The number of halogens is 7. The van der Waals surface area contributed by atoms with E-state index in [1.165, 1.54) is 18.5 Å². The van der Waals surface area contributed by atoms with E-state index in [0.29, 0.717) is 12.1 Å². The maximum atomic E-state index is 13.9. The lowest BCUT2D eigenvalue weighted by molar-refractivity contribution is -0.376. The molecular weight excluding hydrogens is 581 g/mol. The number of nitrogens with zero attached hydrogens (tertiary/aromatic N) is 1. The van der Waals surface area contributed by atoms with Gasteiger partial charge in [0.25, 0.3) is 11.5 Å². The van der Waals surface area contributed by atoms with Gasteiger partial charge < -0.3 is 10.4 Å². The number of carbonyl (C=O) groups excluding carboxylic acids is 1. The predicted molar refractivity (Wildman–Crippen MR) is 132 cm³/mol. The summed E-state index contributed by atoms with van der Waals surface area (Å²) in [6, 6.07) is 8.86. The van der Waals surface area contributed by atoms with Crippen LogP contribution in [0.5, 0.6) is 0 Å². The highest BCUT2D eigenvalue weighted by Crippen LogP contribution is 2.51. The number of amides is 1. The molecule has 220 valence electrons. The zero-order chi connectivity index (χ0) is 30.3. The normalized spacial score (nSPS) is 20.4. The first kappa shape index (κ1) is 30.4. The van der Waals surface area contributed by atoms with Gasteiger partial charge in [0.2, 0.25) is 0 Å². The van der Waals surface area contributed by atoms with Crippen molar-refractivity contribution in [3.63, 3.8) is 0 Å². The highest BCUT2D eigenvalue weighted by molar-refractivity contribution is 7.92. The van der Waals surface area contributed by atoms with Crippen LogP contribution < -0.4 is 5.32 Å². The molecule has 14 heteroatoms. The topological polar surface area (TPSA) is 96.4 Å². The van der Waals surface area contributed by atoms with Crippen LogP contribution in [0, 0.1) is 5.82 Å². The molecule has 2 N–H and O–H groups in total. The maximum absolute atomic E-state index is 13.9. The quantitative estimate of drug-likeness (QED) is 0.283. The largest absolute Gasteiger partial charge is 0.430 e. The van der Waals surface area contributed by atoms with Gasteiger partial charge >= 0.3 is 12.4 Å². The predicted octanol–water partition coefficient (Wildman–Crippen LogP) is 5.57. The van der Waals surface area contributed by atoms with Crippen molar-refractivity contribution in [3.8, 4) is 0 Å². The number of sulfone groups is 1. The summed E-state index contributed by atoms with van der Waals surface area (Å²) >= 11 is 0. The number of alkyl halides is 6. The van der Waals surface area contributed by atoms with Crippen molar-refractivity contribution in [1.82, 2.24) is 10.3 Å². The monoisotopic (exact) mass is 604 g/mol. The average molecular weight is 605 g/mol. The summed E-state index contributed by atoms with van der Waals surface area (Å²) < 4.78 is 120. The fourth-order valence-corrected chi connectivity index (χ4v) is 7.21. The second-order valence-corrected chi connectivity index (χ2v) is 12.0. The molecule has 0 saturated heterocycles. The molecule has 0 aliphatic heterocycles. The molecular formula is C27H23F7N2O4S. The summed E-state index contributed by atoms with van der Waals surface area (Å²) in [6.45, 7) is 0. The van der Waals surface area contributed by atoms with E-state index >= 15 is 0 Å². The smallest absolute Gasteiger partial charge is 0.369 e. The molecule has 3 aromatic rings. The van der Waals surface area contributed by atoms with Crippen LogP contribution in [0.3, 0.4) is 0 Å². The Hall–Kier alpha value is -3.52. The van der Waals surface area contributed by atoms with Crippen LogP contribution in [0.15, 0.2) is 78.0 Å². The van der Waals surface area contributed by atoms with E-state index in [2.05, 4.69) is 10.3 Å². The van der Waals surface area contributed by atoms with Gasteiger partial charge in [-0.3, -0.25) is 9.78 Å². The molecule has 0 unspecified atom stereocenters. The van der Waals surface area contributed by atoms with Crippen LogP contribution >= 0.6 is 0 Å². The summed E-state index contributed by atoms with van der Waals surface area (Å²) in [5.41, 5.74) is -6.57. The van der Waals surface area contributed by atoms with Crippen LogP contribution in [0.4, 0.5) is 30.7 Å². The third-order valence-corrected chi connectivity index (χ3v) is 9.91. The Kier molecular flexibility index (Phi) is 7.95. The fraction of sp³-hybridized carbons (Fsp3) is 0.333. The number of pyridine rings is 1. The van der Waals surface area contributed by atoms with Crippen molar-refractivity contribution < 1.29 is 49.1 Å². The van der Waals surface area contributed by atoms with Crippen molar-refractivity contribution >= 4 is 15.7 Å². The highest BCUT2D eigenvalue weighted by Gasteiger charge is 2.71.